The van der Waals surface area contributed by atoms with Gasteiger partial charge in [0, 0.05) is 19.1 Å². The molecule has 2 atom stereocenters. The first-order chi connectivity index (χ1) is 6.36. The average molecular weight is 178 g/mol. The maximum atomic E-state index is 5.92. The number of piperidine rings is 1. The number of allylic oxidation sites excluding steroid dienone is 3. The molecule has 2 rings (SSSR count). The summed E-state index contributed by atoms with van der Waals surface area (Å²) in [4.78, 5) is 0. The topological polar surface area (TPSA) is 38.0 Å². The van der Waals surface area contributed by atoms with Crippen molar-refractivity contribution in [3.8, 4) is 0 Å². The molecule has 0 aromatic carbocycles. The summed E-state index contributed by atoms with van der Waals surface area (Å²) in [7, 11) is 0. The van der Waals surface area contributed by atoms with Crippen LogP contribution >= 0.6 is 0 Å². The van der Waals surface area contributed by atoms with Gasteiger partial charge in [0.2, 0.25) is 0 Å². The predicted octanol–water partition coefficient (Wildman–Crippen LogP) is 1.20. The van der Waals surface area contributed by atoms with Gasteiger partial charge in [-0.05, 0) is 30.8 Å². The number of nitrogens with two attached hydrogens (primary N) is 1. The van der Waals surface area contributed by atoms with Crippen molar-refractivity contribution in [2.45, 2.75) is 25.3 Å². The molecule has 13 heavy (non-hydrogen) atoms. The number of nitrogens with one attached hydrogen (secondary N) is 1. The summed E-state index contributed by atoms with van der Waals surface area (Å²) < 4.78 is 0. The molecule has 1 aliphatic heterocycles. The molecular weight excluding hydrogens is 160 g/mol. The maximum Gasteiger partial charge on any atom is 0.0171 e. The zero-order valence-electron chi connectivity index (χ0n) is 8.00. The van der Waals surface area contributed by atoms with E-state index in [9.17, 15) is 0 Å². The first kappa shape index (κ1) is 8.97. The fourth-order valence-corrected chi connectivity index (χ4v) is 2.17. The van der Waals surface area contributed by atoms with Crippen molar-refractivity contribution >= 4 is 0 Å². The van der Waals surface area contributed by atoms with Crippen LogP contribution in [-0.2, 0) is 0 Å². The molecule has 72 valence electrons. The van der Waals surface area contributed by atoms with Gasteiger partial charge in [0.15, 0.2) is 0 Å². The number of hydrogen-bond donors (Lipinski definition) is 2. The molecule has 0 saturated carbocycles. The Morgan fingerprint density at radius 2 is 2.23 bits per heavy atom. The Hall–Kier alpha value is -0.600. The van der Waals surface area contributed by atoms with E-state index >= 15 is 0 Å². The Kier molecular flexibility index (Phi) is 2.81. The maximum absolute atomic E-state index is 5.92. The fraction of sp³-hybridized carbons (Fsp3) is 0.636. The van der Waals surface area contributed by atoms with Crippen molar-refractivity contribution in [1.29, 1.82) is 0 Å². The van der Waals surface area contributed by atoms with Crippen molar-refractivity contribution in [2.24, 2.45) is 11.7 Å². The minimum Gasteiger partial charge on any atom is -0.327 e. The van der Waals surface area contributed by atoms with E-state index in [1.165, 1.54) is 18.4 Å². The monoisotopic (exact) mass is 178 g/mol. The predicted molar refractivity (Wildman–Crippen MR) is 55.4 cm³/mol. The van der Waals surface area contributed by atoms with Crippen LogP contribution in [0.15, 0.2) is 23.8 Å². The van der Waals surface area contributed by atoms with Gasteiger partial charge in [-0.15, -0.1) is 0 Å². The van der Waals surface area contributed by atoms with Crippen molar-refractivity contribution in [1.82, 2.24) is 5.32 Å². The lowest BCUT2D eigenvalue weighted by atomic mass is 9.86. The summed E-state index contributed by atoms with van der Waals surface area (Å²) >= 11 is 0. The Morgan fingerprint density at radius 1 is 1.31 bits per heavy atom. The Bertz CT molecular complexity index is 230. The highest BCUT2D eigenvalue weighted by Crippen LogP contribution is 2.23. The van der Waals surface area contributed by atoms with Crippen LogP contribution in [0.1, 0.15) is 19.3 Å². The minimum absolute atomic E-state index is 0.343. The van der Waals surface area contributed by atoms with E-state index in [-0.39, 0.29) is 0 Å². The summed E-state index contributed by atoms with van der Waals surface area (Å²) in [6.07, 6.45) is 10.5. The van der Waals surface area contributed by atoms with Crippen molar-refractivity contribution in [2.75, 3.05) is 13.1 Å². The second-order valence-corrected chi connectivity index (χ2v) is 4.03. The standard InChI is InChI=1S/C11H18N2/c12-11-6-10(7-13-8-11)9-4-2-1-3-5-9/h2,4-5,10-11,13H,1,3,6-8,12H2. The van der Waals surface area contributed by atoms with Crippen LogP contribution in [-0.4, -0.2) is 19.1 Å². The normalized spacial score (nSPS) is 34.4. The van der Waals surface area contributed by atoms with Crippen LogP contribution in [0.4, 0.5) is 0 Å². The molecule has 1 fully saturated rings. The van der Waals surface area contributed by atoms with Gasteiger partial charge in [-0.25, -0.2) is 0 Å². The molecule has 1 heterocycles. The van der Waals surface area contributed by atoms with E-state index in [0.29, 0.717) is 12.0 Å². The van der Waals surface area contributed by atoms with Gasteiger partial charge in [0.05, 0.1) is 0 Å². The van der Waals surface area contributed by atoms with Crippen LogP contribution < -0.4 is 11.1 Å². The SMILES string of the molecule is NC1CNCC(C2=CCCC=C2)C1. The number of rotatable bonds is 1. The molecule has 0 amide bonds. The van der Waals surface area contributed by atoms with E-state index in [1.807, 2.05) is 0 Å². The van der Waals surface area contributed by atoms with Crippen molar-refractivity contribution in [3.63, 3.8) is 0 Å². The molecule has 1 saturated heterocycles. The van der Waals surface area contributed by atoms with Gasteiger partial charge in [-0.1, -0.05) is 18.2 Å². The lowest BCUT2D eigenvalue weighted by molar-refractivity contribution is 0.381. The lowest BCUT2D eigenvalue weighted by Gasteiger charge is -2.29. The molecule has 2 heteroatoms. The zero-order valence-corrected chi connectivity index (χ0v) is 8.00. The molecule has 2 nitrogen and oxygen atoms in total. The van der Waals surface area contributed by atoms with E-state index in [1.54, 1.807) is 0 Å². The third-order valence-corrected chi connectivity index (χ3v) is 2.88. The quantitative estimate of drug-likeness (QED) is 0.633. The fourth-order valence-electron chi connectivity index (χ4n) is 2.17. The molecule has 0 radical (unpaired) electrons. The van der Waals surface area contributed by atoms with E-state index in [4.69, 9.17) is 5.73 Å². The third-order valence-electron chi connectivity index (χ3n) is 2.88. The third kappa shape index (κ3) is 2.20. The Balaban J connectivity index is 1.99. The minimum atomic E-state index is 0.343. The van der Waals surface area contributed by atoms with Gasteiger partial charge in [0.1, 0.15) is 0 Å². The summed E-state index contributed by atoms with van der Waals surface area (Å²) in [6, 6.07) is 0.343. The molecule has 0 spiro atoms. The lowest BCUT2D eigenvalue weighted by Crippen LogP contribution is -2.44. The smallest absolute Gasteiger partial charge is 0.0171 e. The summed E-state index contributed by atoms with van der Waals surface area (Å²) in [5, 5.41) is 3.38. The van der Waals surface area contributed by atoms with Crippen LogP contribution in [0.5, 0.6) is 0 Å². The van der Waals surface area contributed by atoms with Gasteiger partial charge >= 0.3 is 0 Å². The molecule has 3 N–H and O–H groups in total. The van der Waals surface area contributed by atoms with Gasteiger partial charge in [-0.3, -0.25) is 0 Å². The highest BCUT2D eigenvalue weighted by Gasteiger charge is 2.21. The molecule has 0 aromatic heterocycles. The van der Waals surface area contributed by atoms with E-state index < -0.39 is 0 Å². The van der Waals surface area contributed by atoms with Gasteiger partial charge in [0.25, 0.3) is 0 Å². The largest absolute Gasteiger partial charge is 0.327 e. The van der Waals surface area contributed by atoms with Gasteiger partial charge in [-0.2, -0.15) is 0 Å². The second kappa shape index (κ2) is 4.07. The van der Waals surface area contributed by atoms with Gasteiger partial charge < -0.3 is 11.1 Å². The van der Waals surface area contributed by atoms with Crippen LogP contribution in [0, 0.1) is 5.92 Å². The molecule has 2 unspecified atom stereocenters. The van der Waals surface area contributed by atoms with Crippen LogP contribution in [0.2, 0.25) is 0 Å². The molecular formula is C11H18N2. The molecule has 0 bridgehead atoms. The van der Waals surface area contributed by atoms with E-state index in [0.717, 1.165) is 19.5 Å². The highest BCUT2D eigenvalue weighted by atomic mass is 14.9. The highest BCUT2D eigenvalue weighted by molar-refractivity contribution is 5.25. The first-order valence-corrected chi connectivity index (χ1v) is 5.19. The average Bonchev–Trinajstić information content (AvgIpc) is 2.19. The van der Waals surface area contributed by atoms with E-state index in [2.05, 4.69) is 23.5 Å². The van der Waals surface area contributed by atoms with Crippen LogP contribution in [0.3, 0.4) is 0 Å². The summed E-state index contributed by atoms with van der Waals surface area (Å²) in [6.45, 7) is 2.08. The second-order valence-electron chi connectivity index (χ2n) is 4.03. The summed E-state index contributed by atoms with van der Waals surface area (Å²) in [5.74, 6) is 0.653. The zero-order chi connectivity index (χ0) is 9.10. The molecule has 1 aliphatic carbocycles. The molecule has 0 aromatic rings. The Labute approximate surface area is 79.9 Å². The van der Waals surface area contributed by atoms with Crippen LogP contribution in [0.25, 0.3) is 0 Å². The summed E-state index contributed by atoms with van der Waals surface area (Å²) in [5.41, 5.74) is 7.41. The Morgan fingerprint density at radius 3 is 2.92 bits per heavy atom. The molecule has 2 aliphatic rings. The number of hydrogen-bond acceptors (Lipinski definition) is 2. The van der Waals surface area contributed by atoms with Crippen molar-refractivity contribution in [3.05, 3.63) is 23.8 Å². The first-order valence-electron chi connectivity index (χ1n) is 5.19. The van der Waals surface area contributed by atoms with Crippen molar-refractivity contribution < 1.29 is 0 Å².